The highest BCUT2D eigenvalue weighted by molar-refractivity contribution is 7.12. The molecular formula is C22H23N5O5S. The Hall–Kier alpha value is -3.31. The Morgan fingerprint density at radius 3 is 2.85 bits per heavy atom. The second-order valence-corrected chi connectivity index (χ2v) is 9.21. The highest BCUT2D eigenvalue weighted by Gasteiger charge is 2.34. The Labute approximate surface area is 192 Å². The number of pyridine rings is 2. The molecular weight excluding hydrogens is 446 g/mol. The largest absolute Gasteiger partial charge is 0.477 e. The number of aryl methyl sites for hydroxylation is 1. The number of aromatic carboxylic acids is 1. The van der Waals surface area contributed by atoms with Crippen LogP contribution in [0, 0.1) is 12.8 Å². The Kier molecular flexibility index (Phi) is 5.59. The number of rotatable bonds is 6. The van der Waals surface area contributed by atoms with Crippen molar-refractivity contribution in [1.82, 2.24) is 19.9 Å². The predicted molar refractivity (Wildman–Crippen MR) is 122 cm³/mol. The first-order chi connectivity index (χ1) is 15.9. The van der Waals surface area contributed by atoms with Crippen LogP contribution < -0.4 is 15.6 Å². The fourth-order valence-corrected chi connectivity index (χ4v) is 4.89. The molecule has 5 rings (SSSR count). The van der Waals surface area contributed by atoms with Crippen molar-refractivity contribution in [3.05, 3.63) is 45.2 Å². The summed E-state index contributed by atoms with van der Waals surface area (Å²) in [5.74, 6) is -0.795. The predicted octanol–water partition coefficient (Wildman–Crippen LogP) is 1.58. The molecule has 33 heavy (non-hydrogen) atoms. The summed E-state index contributed by atoms with van der Waals surface area (Å²) in [6.45, 7) is 4.09. The standard InChI is InChI=1S/C22H23N5O5S/c1-12-7-16(26-9-13(10-26)20(29)24-8-14-3-2-5-32-14)25-19-17(12)18(28)15(21(30)31)11-27(19)22-23-4-6-33-22/h4,6-7,11,13-14H,2-3,5,8-10H2,1H3,(H,24,29)(H,30,31). The average Bonchev–Trinajstić information content (AvgIpc) is 3.45. The molecule has 0 aromatic carbocycles. The monoisotopic (exact) mass is 469 g/mol. The van der Waals surface area contributed by atoms with Crippen LogP contribution >= 0.6 is 11.3 Å². The minimum atomic E-state index is -1.30. The Balaban J connectivity index is 1.42. The lowest BCUT2D eigenvalue weighted by atomic mass is 9.98. The fraction of sp³-hybridized carbons (Fsp3) is 0.409. The zero-order chi connectivity index (χ0) is 23.1. The van der Waals surface area contributed by atoms with Crippen LogP contribution in [0.4, 0.5) is 5.82 Å². The summed E-state index contributed by atoms with van der Waals surface area (Å²) < 4.78 is 7.10. The summed E-state index contributed by atoms with van der Waals surface area (Å²) in [7, 11) is 0. The van der Waals surface area contributed by atoms with E-state index < -0.39 is 11.4 Å². The molecule has 0 aliphatic carbocycles. The molecule has 5 heterocycles. The van der Waals surface area contributed by atoms with Gasteiger partial charge in [0.2, 0.25) is 11.3 Å². The third-order valence-electron chi connectivity index (χ3n) is 6.10. The third-order valence-corrected chi connectivity index (χ3v) is 6.87. The van der Waals surface area contributed by atoms with Crippen molar-refractivity contribution in [3.8, 4) is 5.13 Å². The number of aromatic nitrogens is 3. The number of nitrogens with zero attached hydrogens (tertiary/aromatic N) is 4. The molecule has 11 heteroatoms. The van der Waals surface area contributed by atoms with E-state index in [1.54, 1.807) is 29.1 Å². The number of carboxylic acids is 1. The van der Waals surface area contributed by atoms with Gasteiger partial charge in [-0.15, -0.1) is 11.3 Å². The normalized spacial score (nSPS) is 18.5. The Morgan fingerprint density at radius 1 is 1.36 bits per heavy atom. The van der Waals surface area contributed by atoms with E-state index in [0.717, 1.165) is 19.4 Å². The molecule has 0 bridgehead atoms. The molecule has 0 saturated carbocycles. The van der Waals surface area contributed by atoms with Crippen LogP contribution in [0.3, 0.4) is 0 Å². The summed E-state index contributed by atoms with van der Waals surface area (Å²) in [4.78, 5) is 47.9. The Morgan fingerprint density at radius 2 is 2.18 bits per heavy atom. The summed E-state index contributed by atoms with van der Waals surface area (Å²) in [5.41, 5.74) is 0.0695. The van der Waals surface area contributed by atoms with E-state index in [1.165, 1.54) is 17.5 Å². The third kappa shape index (κ3) is 3.98. The van der Waals surface area contributed by atoms with Crippen molar-refractivity contribution in [2.24, 2.45) is 5.92 Å². The van der Waals surface area contributed by atoms with E-state index >= 15 is 0 Å². The van der Waals surface area contributed by atoms with Gasteiger partial charge in [-0.1, -0.05) is 0 Å². The molecule has 1 unspecified atom stereocenters. The molecule has 0 spiro atoms. The van der Waals surface area contributed by atoms with Crippen molar-refractivity contribution in [2.45, 2.75) is 25.9 Å². The summed E-state index contributed by atoms with van der Waals surface area (Å²) >= 11 is 1.32. The van der Waals surface area contributed by atoms with Crippen LogP contribution in [0.2, 0.25) is 0 Å². The van der Waals surface area contributed by atoms with Gasteiger partial charge in [-0.2, -0.15) is 0 Å². The van der Waals surface area contributed by atoms with Gasteiger partial charge in [-0.3, -0.25) is 14.2 Å². The van der Waals surface area contributed by atoms with Gasteiger partial charge in [0.05, 0.1) is 17.4 Å². The van der Waals surface area contributed by atoms with E-state index in [4.69, 9.17) is 4.74 Å². The van der Waals surface area contributed by atoms with Gasteiger partial charge in [-0.25, -0.2) is 14.8 Å². The van der Waals surface area contributed by atoms with Crippen molar-refractivity contribution >= 4 is 40.1 Å². The van der Waals surface area contributed by atoms with Crippen molar-refractivity contribution in [1.29, 1.82) is 0 Å². The Bertz CT molecular complexity index is 1280. The number of nitrogens with one attached hydrogen (secondary N) is 1. The molecule has 2 fully saturated rings. The van der Waals surface area contributed by atoms with Gasteiger partial charge in [0.1, 0.15) is 11.4 Å². The lowest BCUT2D eigenvalue weighted by molar-refractivity contribution is -0.126. The van der Waals surface area contributed by atoms with Gasteiger partial charge in [0, 0.05) is 44.0 Å². The fourth-order valence-electron chi connectivity index (χ4n) is 4.27. The van der Waals surface area contributed by atoms with Crippen LogP contribution in [0.25, 0.3) is 16.2 Å². The number of hydrogen-bond donors (Lipinski definition) is 2. The average molecular weight is 470 g/mol. The number of thiazole rings is 1. The van der Waals surface area contributed by atoms with Gasteiger partial charge < -0.3 is 20.1 Å². The minimum absolute atomic E-state index is 0.00468. The maximum absolute atomic E-state index is 12.9. The van der Waals surface area contributed by atoms with Crippen LogP contribution in [0.15, 0.2) is 28.6 Å². The van der Waals surface area contributed by atoms with E-state index in [9.17, 15) is 19.5 Å². The molecule has 2 saturated heterocycles. The number of fused-ring (bicyclic) bond motifs is 1. The second kappa shape index (κ2) is 8.56. The number of carboxylic acid groups (broad SMARTS) is 1. The second-order valence-electron chi connectivity index (χ2n) is 8.34. The smallest absolute Gasteiger partial charge is 0.341 e. The van der Waals surface area contributed by atoms with Gasteiger partial charge in [0.25, 0.3) is 0 Å². The number of amides is 1. The zero-order valence-electron chi connectivity index (χ0n) is 18.0. The first-order valence-corrected chi connectivity index (χ1v) is 11.6. The van der Waals surface area contributed by atoms with Crippen LogP contribution in [-0.2, 0) is 9.53 Å². The first kappa shape index (κ1) is 21.5. The molecule has 3 aromatic rings. The van der Waals surface area contributed by atoms with Crippen LogP contribution in [0.1, 0.15) is 28.8 Å². The van der Waals surface area contributed by atoms with Gasteiger partial charge >= 0.3 is 5.97 Å². The van der Waals surface area contributed by atoms with Crippen LogP contribution in [-0.4, -0.2) is 63.9 Å². The number of carbonyl (C=O) groups is 2. The number of hydrogen-bond acceptors (Lipinski definition) is 8. The molecule has 1 amide bonds. The number of anilines is 1. The van der Waals surface area contributed by atoms with Crippen molar-refractivity contribution in [2.75, 3.05) is 31.1 Å². The van der Waals surface area contributed by atoms with Gasteiger partial charge in [0.15, 0.2) is 10.8 Å². The zero-order valence-corrected chi connectivity index (χ0v) is 18.8. The van der Waals surface area contributed by atoms with Crippen molar-refractivity contribution < 1.29 is 19.4 Å². The van der Waals surface area contributed by atoms with E-state index in [2.05, 4.69) is 15.3 Å². The molecule has 10 nitrogen and oxygen atoms in total. The molecule has 2 aliphatic rings. The molecule has 3 aromatic heterocycles. The summed E-state index contributed by atoms with van der Waals surface area (Å²) in [6.07, 6.45) is 5.00. The molecule has 172 valence electrons. The highest BCUT2D eigenvalue weighted by atomic mass is 32.1. The molecule has 2 aliphatic heterocycles. The van der Waals surface area contributed by atoms with Crippen LogP contribution in [0.5, 0.6) is 0 Å². The quantitative estimate of drug-likeness (QED) is 0.557. The maximum Gasteiger partial charge on any atom is 0.341 e. The lowest BCUT2D eigenvalue weighted by Crippen LogP contribution is -2.54. The van der Waals surface area contributed by atoms with E-state index in [0.29, 0.717) is 41.8 Å². The number of carbonyl (C=O) groups excluding carboxylic acids is 1. The SMILES string of the molecule is Cc1cc(N2CC(C(=O)NCC3CCCO3)C2)nc2c1c(=O)c(C(=O)O)cn2-c1nccs1. The summed E-state index contributed by atoms with van der Waals surface area (Å²) in [5, 5.41) is 15.0. The molecule has 2 N–H and O–H groups in total. The molecule has 0 radical (unpaired) electrons. The van der Waals surface area contributed by atoms with E-state index in [-0.39, 0.29) is 28.9 Å². The minimum Gasteiger partial charge on any atom is -0.477 e. The van der Waals surface area contributed by atoms with E-state index in [1.807, 2.05) is 4.90 Å². The molecule has 1 atom stereocenters. The van der Waals surface area contributed by atoms with Crippen molar-refractivity contribution in [3.63, 3.8) is 0 Å². The topological polar surface area (TPSA) is 127 Å². The van der Waals surface area contributed by atoms with Gasteiger partial charge in [-0.05, 0) is 31.4 Å². The maximum atomic E-state index is 12.9. The summed E-state index contributed by atoms with van der Waals surface area (Å²) in [6, 6.07) is 1.77. The number of ether oxygens (including phenoxy) is 1. The first-order valence-electron chi connectivity index (χ1n) is 10.8. The highest BCUT2D eigenvalue weighted by Crippen LogP contribution is 2.28. The lowest BCUT2D eigenvalue weighted by Gasteiger charge is -2.39.